The van der Waals surface area contributed by atoms with E-state index in [1.54, 1.807) is 0 Å². The summed E-state index contributed by atoms with van der Waals surface area (Å²) >= 11 is 1.25. The number of aromatic nitrogens is 2. The highest BCUT2D eigenvalue weighted by atomic mass is 32.2. The molecule has 1 heterocycles. The Kier molecular flexibility index (Phi) is 5.18. The molecule has 0 unspecified atom stereocenters. The number of oxime groups is 1. The largest absolute Gasteiger partial charge is 0.411 e. The summed E-state index contributed by atoms with van der Waals surface area (Å²) in [5.41, 5.74) is 0.798. The fourth-order valence-electron chi connectivity index (χ4n) is 2.11. The maximum atomic E-state index is 13.4. The lowest BCUT2D eigenvalue weighted by molar-refractivity contribution is 0.321. The Bertz CT molecular complexity index is 678. The van der Waals surface area contributed by atoms with E-state index in [-0.39, 0.29) is 5.92 Å². The van der Waals surface area contributed by atoms with Crippen molar-refractivity contribution < 1.29 is 14.0 Å². The molecule has 0 saturated heterocycles. The molecule has 2 rings (SSSR count). The van der Waals surface area contributed by atoms with Crippen LogP contribution < -0.4 is 0 Å². The minimum absolute atomic E-state index is 0.125. The lowest BCUT2D eigenvalue weighted by Gasteiger charge is -2.10. The van der Waals surface area contributed by atoms with Crippen molar-refractivity contribution in [1.29, 1.82) is 0 Å². The van der Waals surface area contributed by atoms with E-state index in [1.165, 1.54) is 30.1 Å². The average Bonchev–Trinajstić information content (AvgIpc) is 2.76. The Labute approximate surface area is 131 Å². The van der Waals surface area contributed by atoms with Gasteiger partial charge in [-0.3, -0.25) is 0 Å². The van der Waals surface area contributed by atoms with Crippen LogP contribution in [0.3, 0.4) is 0 Å². The van der Waals surface area contributed by atoms with E-state index in [1.807, 2.05) is 25.3 Å². The zero-order chi connectivity index (χ0) is 16.3. The molecule has 0 fully saturated rings. The monoisotopic (exact) mass is 325 g/mol. The van der Waals surface area contributed by atoms with Gasteiger partial charge in [0.25, 0.3) is 0 Å². The molecule has 0 aliphatic heterocycles. The highest BCUT2D eigenvalue weighted by Crippen LogP contribution is 2.35. The normalized spacial score (nSPS) is 11.7. The van der Waals surface area contributed by atoms with Gasteiger partial charge in [0.2, 0.25) is 0 Å². The predicted molar refractivity (Wildman–Crippen MR) is 81.9 cm³/mol. The number of hydrogen-bond acceptors (Lipinski definition) is 4. The molecule has 4 nitrogen and oxygen atoms in total. The summed E-state index contributed by atoms with van der Waals surface area (Å²) in [7, 11) is 0. The van der Waals surface area contributed by atoms with Gasteiger partial charge in [-0.25, -0.2) is 13.8 Å². The van der Waals surface area contributed by atoms with Gasteiger partial charge in [-0.15, -0.1) is 0 Å². The molecule has 0 radical (unpaired) electrons. The predicted octanol–water partition coefficient (Wildman–Crippen LogP) is 4.26. The van der Waals surface area contributed by atoms with Crippen LogP contribution in [0.4, 0.5) is 8.78 Å². The third-order valence-electron chi connectivity index (χ3n) is 3.06. The number of benzene rings is 1. The first-order valence-electron chi connectivity index (χ1n) is 6.88. The van der Waals surface area contributed by atoms with Gasteiger partial charge in [0, 0.05) is 17.5 Å². The average molecular weight is 325 g/mol. The fraction of sp³-hybridized carbons (Fsp3) is 0.333. The van der Waals surface area contributed by atoms with Crippen LogP contribution in [0.5, 0.6) is 0 Å². The van der Waals surface area contributed by atoms with Crippen LogP contribution in [0, 0.1) is 11.6 Å². The summed E-state index contributed by atoms with van der Waals surface area (Å²) in [5, 5.41) is 12.6. The lowest BCUT2D eigenvalue weighted by Crippen LogP contribution is -2.02. The quantitative estimate of drug-likeness (QED) is 0.507. The zero-order valence-electron chi connectivity index (χ0n) is 12.5. The van der Waals surface area contributed by atoms with Crippen molar-refractivity contribution in [2.45, 2.75) is 43.2 Å². The number of halogens is 2. The standard InChI is InChI=1S/C15H17F2N3OS/c1-4-20-13(8-18-21)19-14(9(2)3)15(20)22-12-6-10(16)5-11(17)7-12/h5-9,21H,4H2,1-3H3. The van der Waals surface area contributed by atoms with Gasteiger partial charge in [0.15, 0.2) is 5.82 Å². The second-order valence-electron chi connectivity index (χ2n) is 5.01. The van der Waals surface area contributed by atoms with E-state index in [4.69, 9.17) is 5.21 Å². The summed E-state index contributed by atoms with van der Waals surface area (Å²) in [4.78, 5) is 4.92. The first-order valence-corrected chi connectivity index (χ1v) is 7.69. The minimum Gasteiger partial charge on any atom is -0.411 e. The van der Waals surface area contributed by atoms with Gasteiger partial charge in [-0.1, -0.05) is 30.8 Å². The van der Waals surface area contributed by atoms with Crippen LogP contribution >= 0.6 is 11.8 Å². The van der Waals surface area contributed by atoms with Crippen molar-refractivity contribution in [3.63, 3.8) is 0 Å². The van der Waals surface area contributed by atoms with Crippen LogP contribution in [0.15, 0.2) is 33.3 Å². The van der Waals surface area contributed by atoms with Crippen LogP contribution in [-0.4, -0.2) is 21.0 Å². The molecular weight excluding hydrogens is 308 g/mol. The van der Waals surface area contributed by atoms with Crippen molar-refractivity contribution in [3.8, 4) is 0 Å². The van der Waals surface area contributed by atoms with Crippen molar-refractivity contribution in [2.24, 2.45) is 5.16 Å². The Morgan fingerprint density at radius 1 is 1.32 bits per heavy atom. The summed E-state index contributed by atoms with van der Waals surface area (Å²) < 4.78 is 28.6. The molecule has 0 aliphatic rings. The molecule has 0 atom stereocenters. The topological polar surface area (TPSA) is 50.4 Å². The van der Waals surface area contributed by atoms with Gasteiger partial charge >= 0.3 is 0 Å². The van der Waals surface area contributed by atoms with Gasteiger partial charge in [0.05, 0.1) is 5.69 Å². The maximum absolute atomic E-state index is 13.4. The first kappa shape index (κ1) is 16.5. The van der Waals surface area contributed by atoms with Gasteiger partial charge in [0.1, 0.15) is 22.9 Å². The van der Waals surface area contributed by atoms with E-state index < -0.39 is 11.6 Å². The molecule has 118 valence electrons. The summed E-state index contributed by atoms with van der Waals surface area (Å²) in [5.74, 6) is -0.603. The molecule has 22 heavy (non-hydrogen) atoms. The Balaban J connectivity index is 2.52. The molecule has 0 amide bonds. The minimum atomic E-state index is -0.617. The second-order valence-corrected chi connectivity index (χ2v) is 6.07. The van der Waals surface area contributed by atoms with Crippen LogP contribution in [-0.2, 0) is 6.54 Å². The SMILES string of the molecule is CCn1c(C=NO)nc(C(C)C)c1Sc1cc(F)cc(F)c1. The lowest BCUT2D eigenvalue weighted by atomic mass is 10.1. The fourth-order valence-corrected chi connectivity index (χ4v) is 3.40. The van der Waals surface area contributed by atoms with Crippen LogP contribution in [0.1, 0.15) is 38.2 Å². The molecule has 1 aromatic carbocycles. The third kappa shape index (κ3) is 3.47. The van der Waals surface area contributed by atoms with Gasteiger partial charge < -0.3 is 9.77 Å². The Morgan fingerprint density at radius 3 is 2.45 bits per heavy atom. The van der Waals surface area contributed by atoms with Gasteiger partial charge in [-0.2, -0.15) is 0 Å². The van der Waals surface area contributed by atoms with Crippen molar-refractivity contribution in [1.82, 2.24) is 9.55 Å². The molecule has 0 bridgehead atoms. The molecule has 7 heteroatoms. The van der Waals surface area contributed by atoms with Crippen molar-refractivity contribution in [2.75, 3.05) is 0 Å². The molecule has 0 aliphatic carbocycles. The smallest absolute Gasteiger partial charge is 0.155 e. The molecule has 1 aromatic heterocycles. The van der Waals surface area contributed by atoms with E-state index >= 15 is 0 Å². The van der Waals surface area contributed by atoms with Gasteiger partial charge in [-0.05, 0) is 25.0 Å². The van der Waals surface area contributed by atoms with E-state index in [0.29, 0.717) is 17.3 Å². The molecule has 0 spiro atoms. The maximum Gasteiger partial charge on any atom is 0.155 e. The number of rotatable bonds is 5. The highest BCUT2D eigenvalue weighted by molar-refractivity contribution is 7.99. The number of hydrogen-bond donors (Lipinski definition) is 1. The summed E-state index contributed by atoms with van der Waals surface area (Å²) in [6.07, 6.45) is 1.26. The van der Waals surface area contributed by atoms with E-state index in [2.05, 4.69) is 10.1 Å². The second kappa shape index (κ2) is 6.91. The Morgan fingerprint density at radius 2 is 1.95 bits per heavy atom. The molecule has 1 N–H and O–H groups in total. The molecular formula is C15H17F2N3OS. The number of nitrogens with zero attached hydrogens (tertiary/aromatic N) is 3. The van der Waals surface area contributed by atoms with Crippen molar-refractivity contribution >= 4 is 18.0 Å². The Hall–Kier alpha value is -1.89. The molecule has 2 aromatic rings. The van der Waals surface area contributed by atoms with Crippen LogP contribution in [0.25, 0.3) is 0 Å². The number of imidazole rings is 1. The third-order valence-corrected chi connectivity index (χ3v) is 4.16. The van der Waals surface area contributed by atoms with Crippen molar-refractivity contribution in [3.05, 3.63) is 41.4 Å². The summed E-state index contributed by atoms with van der Waals surface area (Å²) in [6.45, 7) is 6.49. The first-order chi connectivity index (χ1) is 10.5. The zero-order valence-corrected chi connectivity index (χ0v) is 13.4. The van der Waals surface area contributed by atoms with E-state index in [9.17, 15) is 8.78 Å². The van der Waals surface area contributed by atoms with Crippen LogP contribution in [0.2, 0.25) is 0 Å². The molecule has 0 saturated carbocycles. The summed E-state index contributed by atoms with van der Waals surface area (Å²) in [6, 6.07) is 3.41. The highest BCUT2D eigenvalue weighted by Gasteiger charge is 2.19. The van der Waals surface area contributed by atoms with E-state index in [0.717, 1.165) is 16.8 Å².